The van der Waals surface area contributed by atoms with Gasteiger partial charge in [-0.15, -0.1) is 5.10 Å². The highest BCUT2D eigenvalue weighted by molar-refractivity contribution is 6.30. The number of carbonyl (C=O) groups excluding carboxylic acids is 2. The zero-order chi connectivity index (χ0) is 29.4. The number of piperidine rings is 1. The normalized spacial score (nSPS) is 23.8. The van der Waals surface area contributed by atoms with Crippen LogP contribution < -0.4 is 5.32 Å². The van der Waals surface area contributed by atoms with E-state index >= 15 is 0 Å². The predicted octanol–water partition coefficient (Wildman–Crippen LogP) is 5.08. The molecule has 2 aromatic carbocycles. The van der Waals surface area contributed by atoms with E-state index in [0.717, 1.165) is 49.9 Å². The zero-order valence-electron chi connectivity index (χ0n) is 24.8. The molecule has 1 aliphatic heterocycles. The first kappa shape index (κ1) is 28.8. The van der Waals surface area contributed by atoms with E-state index < -0.39 is 6.04 Å². The van der Waals surface area contributed by atoms with Crippen LogP contribution in [0.3, 0.4) is 0 Å². The second-order valence-electron chi connectivity index (χ2n) is 12.8. The molecule has 2 aliphatic carbocycles. The number of aryl methyl sites for hydroxylation is 1. The Morgan fingerprint density at radius 2 is 1.79 bits per heavy atom. The van der Waals surface area contributed by atoms with E-state index in [1.54, 1.807) is 4.68 Å². The number of nitrogens with zero attached hydrogens (tertiary/aromatic N) is 5. The van der Waals surface area contributed by atoms with Crippen molar-refractivity contribution < 1.29 is 9.59 Å². The third-order valence-electron chi connectivity index (χ3n) is 10.6. The molecule has 2 bridgehead atoms. The Bertz CT molecular complexity index is 1430. The van der Waals surface area contributed by atoms with Crippen molar-refractivity contribution in [2.45, 2.75) is 76.7 Å². The fourth-order valence-electron chi connectivity index (χ4n) is 7.86. The fraction of sp³-hybridized carbons (Fsp3) is 0.545. The highest BCUT2D eigenvalue weighted by atomic mass is 35.5. The highest BCUT2D eigenvalue weighted by Crippen LogP contribution is 2.56. The first-order valence-electron chi connectivity index (χ1n) is 15.4. The van der Waals surface area contributed by atoms with Crippen LogP contribution in [0, 0.1) is 17.3 Å². The summed E-state index contributed by atoms with van der Waals surface area (Å²) in [5, 5.41) is 16.1. The van der Waals surface area contributed by atoms with Gasteiger partial charge in [-0.2, -0.15) is 0 Å². The lowest BCUT2D eigenvalue weighted by molar-refractivity contribution is -0.140. The maximum absolute atomic E-state index is 14.1. The number of rotatable bonds is 9. The van der Waals surface area contributed by atoms with Gasteiger partial charge in [-0.3, -0.25) is 9.59 Å². The zero-order valence-corrected chi connectivity index (χ0v) is 25.6. The number of aromatic nitrogens is 4. The van der Waals surface area contributed by atoms with Crippen LogP contribution >= 0.6 is 11.6 Å². The number of likely N-dealkylation sites (tertiary alicyclic amines) is 1. The van der Waals surface area contributed by atoms with Crippen LogP contribution in [0.15, 0.2) is 48.5 Å². The molecule has 1 N–H and O–H groups in total. The standard InChI is InChI=1S/C33H41ClN6O2/c1-4-21(2)33(20-30-36-37-38-39(30)3)13-15-40(16-14-33)32(42)29(17-22-9-11-24(34)12-10-22)35-31(41)28-19-23-18-27(28)26-8-6-5-7-25(23)26/h5-12,21,23,27-29H,4,13-20H2,1-3H3,(H,35,41)/t21?,23?,27?,28-,29+/m0/s1. The van der Waals surface area contributed by atoms with Gasteiger partial charge < -0.3 is 10.2 Å². The molecule has 9 heteroatoms. The van der Waals surface area contributed by atoms with Gasteiger partial charge in [-0.25, -0.2) is 4.68 Å². The number of tetrazole rings is 1. The van der Waals surface area contributed by atoms with Gasteiger partial charge in [-0.1, -0.05) is 68.3 Å². The van der Waals surface area contributed by atoms with Gasteiger partial charge in [0.1, 0.15) is 6.04 Å². The van der Waals surface area contributed by atoms with Crippen molar-refractivity contribution in [3.63, 3.8) is 0 Å². The van der Waals surface area contributed by atoms with E-state index in [-0.39, 0.29) is 29.1 Å². The molecule has 1 saturated heterocycles. The molecule has 2 heterocycles. The van der Waals surface area contributed by atoms with Crippen LogP contribution in [0.5, 0.6) is 0 Å². The first-order valence-corrected chi connectivity index (χ1v) is 15.8. The summed E-state index contributed by atoms with van der Waals surface area (Å²) in [5.41, 5.74) is 3.72. The number of halogens is 1. The third kappa shape index (κ3) is 5.46. The summed E-state index contributed by atoms with van der Waals surface area (Å²) in [6.45, 7) is 5.84. The van der Waals surface area contributed by atoms with Gasteiger partial charge in [0.15, 0.2) is 5.82 Å². The molecule has 3 unspecified atom stereocenters. The maximum atomic E-state index is 14.1. The van der Waals surface area contributed by atoms with Crippen LogP contribution in [0.2, 0.25) is 5.02 Å². The quantitative estimate of drug-likeness (QED) is 0.376. The van der Waals surface area contributed by atoms with E-state index in [2.05, 4.69) is 59.0 Å². The third-order valence-corrected chi connectivity index (χ3v) is 10.9. The van der Waals surface area contributed by atoms with Crippen LogP contribution in [-0.2, 0) is 29.5 Å². The lowest BCUT2D eigenvalue weighted by Crippen LogP contribution is -2.55. The molecule has 2 fully saturated rings. The lowest BCUT2D eigenvalue weighted by atomic mass is 9.66. The average Bonchev–Trinajstić information content (AvgIpc) is 3.73. The molecule has 3 aromatic rings. The number of hydrogen-bond donors (Lipinski definition) is 1. The molecule has 1 aromatic heterocycles. The van der Waals surface area contributed by atoms with Crippen LogP contribution in [0.1, 0.15) is 80.3 Å². The van der Waals surface area contributed by atoms with Gasteiger partial charge in [0, 0.05) is 43.9 Å². The Labute approximate surface area is 253 Å². The smallest absolute Gasteiger partial charge is 0.245 e. The van der Waals surface area contributed by atoms with E-state index in [4.69, 9.17) is 11.6 Å². The summed E-state index contributed by atoms with van der Waals surface area (Å²) in [5.74, 6) is 1.94. The van der Waals surface area contributed by atoms with Gasteiger partial charge >= 0.3 is 0 Å². The number of amides is 2. The number of benzene rings is 2. The van der Waals surface area contributed by atoms with E-state index in [0.29, 0.717) is 36.4 Å². The number of fused-ring (bicyclic) bond motifs is 5. The fourth-order valence-corrected chi connectivity index (χ4v) is 7.99. The molecular weight excluding hydrogens is 548 g/mol. The van der Waals surface area contributed by atoms with Gasteiger partial charge in [-0.05, 0) is 88.1 Å². The van der Waals surface area contributed by atoms with Crippen molar-refractivity contribution in [2.75, 3.05) is 13.1 Å². The van der Waals surface area contributed by atoms with Gasteiger partial charge in [0.2, 0.25) is 11.8 Å². The summed E-state index contributed by atoms with van der Waals surface area (Å²) in [6.07, 6.45) is 5.93. The molecule has 3 aliphatic rings. The van der Waals surface area contributed by atoms with Crippen molar-refractivity contribution in [1.82, 2.24) is 30.4 Å². The van der Waals surface area contributed by atoms with Crippen molar-refractivity contribution in [1.29, 1.82) is 0 Å². The highest BCUT2D eigenvalue weighted by Gasteiger charge is 2.47. The summed E-state index contributed by atoms with van der Waals surface area (Å²) in [7, 11) is 1.89. The molecule has 0 radical (unpaired) electrons. The molecule has 42 heavy (non-hydrogen) atoms. The maximum Gasteiger partial charge on any atom is 0.245 e. The SMILES string of the molecule is CCC(C)C1(Cc2nnnn2C)CCN(C(=O)[C@@H](Cc2ccc(Cl)cc2)NC(=O)[C@H]2CC3CC2c2ccccc23)CC1. The molecule has 2 amide bonds. The summed E-state index contributed by atoms with van der Waals surface area (Å²) < 4.78 is 1.76. The molecular formula is C33H41ClN6O2. The molecule has 6 rings (SSSR count). The monoisotopic (exact) mass is 588 g/mol. The Kier molecular flexibility index (Phi) is 8.09. The van der Waals surface area contributed by atoms with E-state index in [9.17, 15) is 9.59 Å². The number of hydrogen-bond acceptors (Lipinski definition) is 5. The minimum Gasteiger partial charge on any atom is -0.344 e. The minimum absolute atomic E-state index is 0.0000620. The largest absolute Gasteiger partial charge is 0.344 e. The number of carbonyl (C=O) groups is 2. The van der Waals surface area contributed by atoms with E-state index in [1.807, 2.05) is 36.2 Å². The predicted molar refractivity (Wildman–Crippen MR) is 162 cm³/mol. The summed E-state index contributed by atoms with van der Waals surface area (Å²) in [6, 6.07) is 15.5. The second kappa shape index (κ2) is 11.8. The van der Waals surface area contributed by atoms with Gasteiger partial charge in [0.05, 0.1) is 0 Å². The molecule has 5 atom stereocenters. The lowest BCUT2D eigenvalue weighted by Gasteiger charge is -2.46. The Balaban J connectivity index is 1.18. The molecule has 8 nitrogen and oxygen atoms in total. The van der Waals surface area contributed by atoms with Crippen LogP contribution in [0.4, 0.5) is 0 Å². The Morgan fingerprint density at radius 3 is 2.45 bits per heavy atom. The van der Waals surface area contributed by atoms with Crippen LogP contribution in [0.25, 0.3) is 0 Å². The molecule has 0 spiro atoms. The van der Waals surface area contributed by atoms with E-state index in [1.165, 1.54) is 11.1 Å². The van der Waals surface area contributed by atoms with Crippen molar-refractivity contribution in [3.8, 4) is 0 Å². The molecule has 222 valence electrons. The minimum atomic E-state index is -0.618. The Morgan fingerprint density at radius 1 is 1.07 bits per heavy atom. The van der Waals surface area contributed by atoms with Crippen LogP contribution in [-0.4, -0.2) is 56.1 Å². The Hall–Kier alpha value is -3.26. The van der Waals surface area contributed by atoms with Crippen molar-refractivity contribution in [3.05, 3.63) is 76.1 Å². The first-order chi connectivity index (χ1) is 20.3. The second-order valence-corrected chi connectivity index (χ2v) is 13.2. The van der Waals surface area contributed by atoms with Gasteiger partial charge in [0.25, 0.3) is 0 Å². The summed E-state index contributed by atoms with van der Waals surface area (Å²) >= 11 is 6.15. The van der Waals surface area contributed by atoms with Crippen molar-refractivity contribution in [2.24, 2.45) is 24.3 Å². The average molecular weight is 589 g/mol. The molecule has 1 saturated carbocycles. The number of nitrogens with one attached hydrogen (secondary N) is 1. The van der Waals surface area contributed by atoms with Crippen molar-refractivity contribution >= 4 is 23.4 Å². The topological polar surface area (TPSA) is 93.0 Å². The summed E-state index contributed by atoms with van der Waals surface area (Å²) in [4.78, 5) is 29.9.